The van der Waals surface area contributed by atoms with Gasteiger partial charge in [0, 0.05) is 37.2 Å². The van der Waals surface area contributed by atoms with Crippen molar-refractivity contribution in [1.29, 1.82) is 0 Å². The fraction of sp³-hybridized carbons (Fsp3) is 0.143. The van der Waals surface area contributed by atoms with E-state index in [4.69, 9.17) is 0 Å². The van der Waals surface area contributed by atoms with E-state index in [0.717, 1.165) is 17.1 Å². The Morgan fingerprint density at radius 1 is 0.941 bits per heavy atom. The molecule has 0 unspecified atom stereocenters. The first kappa shape index (κ1) is 11.3. The van der Waals surface area contributed by atoms with Crippen LogP contribution in [0.5, 0.6) is 5.75 Å². The summed E-state index contributed by atoms with van der Waals surface area (Å²) in [7, 11) is 4.01. The van der Waals surface area contributed by atoms with E-state index in [0.29, 0.717) is 0 Å². The van der Waals surface area contributed by atoms with Gasteiger partial charge in [0.2, 0.25) is 0 Å². The number of phenolic OH excluding ortho intramolecular Hbond substituents is 1. The summed E-state index contributed by atoms with van der Waals surface area (Å²) in [4.78, 5) is 2.05. The van der Waals surface area contributed by atoms with Gasteiger partial charge in [-0.2, -0.15) is 0 Å². The zero-order chi connectivity index (χ0) is 12.3. The number of anilines is 3. The lowest BCUT2D eigenvalue weighted by molar-refractivity contribution is 0.475. The third kappa shape index (κ3) is 2.91. The molecular formula is C14H16N2O. The van der Waals surface area contributed by atoms with Crippen LogP contribution in [0.1, 0.15) is 0 Å². The Bertz CT molecular complexity index is 509. The lowest BCUT2D eigenvalue weighted by Crippen LogP contribution is -2.08. The van der Waals surface area contributed by atoms with Gasteiger partial charge in [-0.25, -0.2) is 0 Å². The summed E-state index contributed by atoms with van der Waals surface area (Å²) in [6.45, 7) is 0. The van der Waals surface area contributed by atoms with E-state index < -0.39 is 0 Å². The van der Waals surface area contributed by atoms with Gasteiger partial charge in [-0.05, 0) is 30.3 Å². The van der Waals surface area contributed by atoms with Crippen LogP contribution in [-0.4, -0.2) is 19.2 Å². The monoisotopic (exact) mass is 228 g/mol. The Balaban J connectivity index is 2.21. The van der Waals surface area contributed by atoms with E-state index in [9.17, 15) is 5.11 Å². The van der Waals surface area contributed by atoms with Crippen molar-refractivity contribution in [3.63, 3.8) is 0 Å². The molecule has 0 amide bonds. The van der Waals surface area contributed by atoms with Crippen LogP contribution >= 0.6 is 0 Å². The van der Waals surface area contributed by atoms with Crippen molar-refractivity contribution in [1.82, 2.24) is 0 Å². The van der Waals surface area contributed by atoms with Gasteiger partial charge in [0.15, 0.2) is 0 Å². The second-order valence-corrected chi connectivity index (χ2v) is 4.12. The van der Waals surface area contributed by atoms with Crippen LogP contribution in [0.4, 0.5) is 17.1 Å². The largest absolute Gasteiger partial charge is 0.508 e. The minimum Gasteiger partial charge on any atom is -0.508 e. The fourth-order valence-electron chi connectivity index (χ4n) is 1.61. The predicted octanol–water partition coefficient (Wildman–Crippen LogP) is 3.20. The molecule has 0 heterocycles. The van der Waals surface area contributed by atoms with Gasteiger partial charge in [0.05, 0.1) is 0 Å². The molecule has 0 spiro atoms. The van der Waals surface area contributed by atoms with E-state index >= 15 is 0 Å². The highest BCUT2D eigenvalue weighted by atomic mass is 16.3. The van der Waals surface area contributed by atoms with Crippen LogP contribution in [0, 0.1) is 0 Å². The second-order valence-electron chi connectivity index (χ2n) is 4.12. The van der Waals surface area contributed by atoms with Crippen molar-refractivity contribution < 1.29 is 5.11 Å². The third-order valence-corrected chi connectivity index (χ3v) is 2.50. The predicted molar refractivity (Wildman–Crippen MR) is 72.2 cm³/mol. The van der Waals surface area contributed by atoms with Gasteiger partial charge in [-0.15, -0.1) is 0 Å². The van der Waals surface area contributed by atoms with Gasteiger partial charge in [0.25, 0.3) is 0 Å². The standard InChI is InChI=1S/C14H16N2O/c1-16(2)13-7-3-5-11(9-13)15-12-6-4-8-14(17)10-12/h3-10,15,17H,1-2H3. The highest BCUT2D eigenvalue weighted by Gasteiger charge is 1.99. The first-order chi connectivity index (χ1) is 8.15. The van der Waals surface area contributed by atoms with Crippen LogP contribution in [-0.2, 0) is 0 Å². The van der Waals surface area contributed by atoms with E-state index in [1.807, 2.05) is 49.3 Å². The van der Waals surface area contributed by atoms with Crippen LogP contribution in [0.2, 0.25) is 0 Å². The minimum atomic E-state index is 0.263. The number of hydrogen-bond acceptors (Lipinski definition) is 3. The van der Waals surface area contributed by atoms with Crippen LogP contribution in [0.15, 0.2) is 48.5 Å². The fourth-order valence-corrected chi connectivity index (χ4v) is 1.61. The molecular weight excluding hydrogens is 212 g/mol. The number of nitrogens with one attached hydrogen (secondary N) is 1. The average molecular weight is 228 g/mol. The molecule has 0 aromatic heterocycles. The summed E-state index contributed by atoms with van der Waals surface area (Å²) in [5.74, 6) is 0.263. The van der Waals surface area contributed by atoms with Crippen molar-refractivity contribution >= 4 is 17.1 Å². The zero-order valence-electron chi connectivity index (χ0n) is 10.0. The number of rotatable bonds is 3. The Labute approximate surface area is 101 Å². The molecule has 2 aromatic rings. The first-order valence-corrected chi connectivity index (χ1v) is 5.48. The molecule has 0 atom stereocenters. The average Bonchev–Trinajstić information content (AvgIpc) is 2.29. The molecule has 2 aromatic carbocycles. The van der Waals surface area contributed by atoms with Crippen LogP contribution in [0.3, 0.4) is 0 Å². The summed E-state index contributed by atoms with van der Waals surface area (Å²) in [6.07, 6.45) is 0. The maximum atomic E-state index is 9.39. The maximum absolute atomic E-state index is 9.39. The van der Waals surface area contributed by atoms with Gasteiger partial charge in [-0.1, -0.05) is 12.1 Å². The van der Waals surface area contributed by atoms with E-state index in [2.05, 4.69) is 11.4 Å². The number of hydrogen-bond donors (Lipinski definition) is 2. The Morgan fingerprint density at radius 3 is 2.24 bits per heavy atom. The lowest BCUT2D eigenvalue weighted by atomic mass is 10.2. The Hall–Kier alpha value is -2.16. The number of benzene rings is 2. The number of phenols is 1. The van der Waals surface area contributed by atoms with E-state index in [1.165, 1.54) is 0 Å². The summed E-state index contributed by atoms with van der Waals surface area (Å²) in [6, 6.07) is 15.2. The zero-order valence-corrected chi connectivity index (χ0v) is 10.0. The molecule has 0 radical (unpaired) electrons. The normalized spacial score (nSPS) is 10.0. The van der Waals surface area contributed by atoms with Gasteiger partial charge < -0.3 is 15.3 Å². The molecule has 0 aliphatic carbocycles. The van der Waals surface area contributed by atoms with Crippen molar-refractivity contribution in [3.05, 3.63) is 48.5 Å². The molecule has 3 heteroatoms. The Kier molecular flexibility index (Phi) is 3.19. The molecule has 0 saturated heterocycles. The molecule has 0 aliphatic heterocycles. The lowest BCUT2D eigenvalue weighted by Gasteiger charge is -2.14. The summed E-state index contributed by atoms with van der Waals surface area (Å²) >= 11 is 0. The SMILES string of the molecule is CN(C)c1cccc(Nc2cccc(O)c2)c1. The minimum absolute atomic E-state index is 0.263. The van der Waals surface area contributed by atoms with Gasteiger partial charge in [0.1, 0.15) is 5.75 Å². The number of nitrogens with zero attached hydrogens (tertiary/aromatic N) is 1. The summed E-state index contributed by atoms with van der Waals surface area (Å²) in [5, 5.41) is 12.6. The molecule has 0 fully saturated rings. The molecule has 2 N–H and O–H groups in total. The van der Waals surface area contributed by atoms with E-state index in [-0.39, 0.29) is 5.75 Å². The molecule has 2 rings (SSSR count). The Morgan fingerprint density at radius 2 is 1.59 bits per heavy atom. The second kappa shape index (κ2) is 4.78. The van der Waals surface area contributed by atoms with Crippen molar-refractivity contribution in [2.24, 2.45) is 0 Å². The van der Waals surface area contributed by atoms with Crippen molar-refractivity contribution in [2.75, 3.05) is 24.3 Å². The highest BCUT2D eigenvalue weighted by molar-refractivity contribution is 5.65. The maximum Gasteiger partial charge on any atom is 0.117 e. The molecule has 88 valence electrons. The molecule has 0 saturated carbocycles. The van der Waals surface area contributed by atoms with Gasteiger partial charge in [-0.3, -0.25) is 0 Å². The van der Waals surface area contributed by atoms with E-state index in [1.54, 1.807) is 12.1 Å². The number of aromatic hydroxyl groups is 1. The third-order valence-electron chi connectivity index (χ3n) is 2.50. The van der Waals surface area contributed by atoms with Gasteiger partial charge >= 0.3 is 0 Å². The highest BCUT2D eigenvalue weighted by Crippen LogP contribution is 2.23. The quantitative estimate of drug-likeness (QED) is 0.846. The summed E-state index contributed by atoms with van der Waals surface area (Å²) < 4.78 is 0. The molecule has 0 bridgehead atoms. The van der Waals surface area contributed by atoms with Crippen LogP contribution in [0.25, 0.3) is 0 Å². The molecule has 17 heavy (non-hydrogen) atoms. The van der Waals surface area contributed by atoms with Crippen molar-refractivity contribution in [3.8, 4) is 5.75 Å². The molecule has 3 nitrogen and oxygen atoms in total. The topological polar surface area (TPSA) is 35.5 Å². The first-order valence-electron chi connectivity index (χ1n) is 5.48. The van der Waals surface area contributed by atoms with Crippen molar-refractivity contribution in [2.45, 2.75) is 0 Å². The van der Waals surface area contributed by atoms with Crippen LogP contribution < -0.4 is 10.2 Å². The summed E-state index contributed by atoms with van der Waals surface area (Å²) in [5.41, 5.74) is 3.01. The molecule has 0 aliphatic rings. The smallest absolute Gasteiger partial charge is 0.117 e.